The normalized spacial score (nSPS) is 45.2. The maximum Gasteiger partial charge on any atom is 0.120 e. The summed E-state index contributed by atoms with van der Waals surface area (Å²) in [5.41, 5.74) is 1.44. The van der Waals surface area contributed by atoms with Crippen molar-refractivity contribution in [2.45, 2.75) is 57.5 Å². The molecule has 1 saturated carbocycles. The Labute approximate surface area is 103 Å². The van der Waals surface area contributed by atoms with Gasteiger partial charge < -0.3 is 0 Å². The van der Waals surface area contributed by atoms with Crippen LogP contribution in [0.1, 0.15) is 46.0 Å². The molecule has 0 nitrogen and oxygen atoms in total. The zero-order valence-electron chi connectivity index (χ0n) is 10.3. The van der Waals surface area contributed by atoms with Gasteiger partial charge in [-0.05, 0) is 49.9 Å². The van der Waals surface area contributed by atoms with E-state index in [0.29, 0.717) is 5.92 Å². The zero-order chi connectivity index (χ0) is 11.7. The Bertz CT molecular complexity index is 274. The summed E-state index contributed by atoms with van der Waals surface area (Å²) in [6.07, 6.45) is 7.12. The fraction of sp³-hybridized carbons (Fsp3) is 0.857. The monoisotopic (exact) mass is 244 g/mol. The van der Waals surface area contributed by atoms with Crippen molar-refractivity contribution in [1.82, 2.24) is 0 Å². The summed E-state index contributed by atoms with van der Waals surface area (Å²) in [6.45, 7) is 4.26. The van der Waals surface area contributed by atoms with E-state index in [-0.39, 0.29) is 11.3 Å². The summed E-state index contributed by atoms with van der Waals surface area (Å²) >= 11 is 6.28. The van der Waals surface area contributed by atoms with Crippen LogP contribution in [0.4, 0.5) is 4.39 Å². The van der Waals surface area contributed by atoms with Crippen molar-refractivity contribution >= 4 is 11.6 Å². The number of halogens is 2. The van der Waals surface area contributed by atoms with Crippen LogP contribution in [0.3, 0.4) is 0 Å². The van der Waals surface area contributed by atoms with Crippen molar-refractivity contribution in [3.8, 4) is 0 Å². The minimum atomic E-state index is -0.819. The van der Waals surface area contributed by atoms with Gasteiger partial charge >= 0.3 is 0 Å². The molecule has 16 heavy (non-hydrogen) atoms. The molecule has 0 bridgehead atoms. The van der Waals surface area contributed by atoms with E-state index in [2.05, 4.69) is 13.0 Å². The van der Waals surface area contributed by atoms with Crippen LogP contribution in [0, 0.1) is 17.8 Å². The Morgan fingerprint density at radius 1 is 1.25 bits per heavy atom. The van der Waals surface area contributed by atoms with Crippen LogP contribution in [0.15, 0.2) is 11.6 Å². The molecule has 0 aromatic rings. The molecule has 92 valence electrons. The van der Waals surface area contributed by atoms with Gasteiger partial charge in [0.05, 0.1) is 5.38 Å². The third-order valence-electron chi connectivity index (χ3n) is 4.35. The van der Waals surface area contributed by atoms with E-state index >= 15 is 0 Å². The molecule has 0 spiro atoms. The molecular weight excluding hydrogens is 223 g/mol. The molecule has 1 fully saturated rings. The number of rotatable bonds is 1. The second-order valence-corrected chi connectivity index (χ2v) is 6.21. The summed E-state index contributed by atoms with van der Waals surface area (Å²) in [4.78, 5) is 0. The average molecular weight is 245 g/mol. The van der Waals surface area contributed by atoms with Crippen LogP contribution < -0.4 is 0 Å². The van der Waals surface area contributed by atoms with E-state index in [1.165, 1.54) is 12.0 Å². The Kier molecular flexibility index (Phi) is 3.94. The third-order valence-corrected chi connectivity index (χ3v) is 4.89. The highest BCUT2D eigenvalue weighted by Crippen LogP contribution is 2.41. The third kappa shape index (κ3) is 2.45. The maximum atomic E-state index is 13.9. The van der Waals surface area contributed by atoms with Crippen molar-refractivity contribution in [1.29, 1.82) is 0 Å². The van der Waals surface area contributed by atoms with Crippen LogP contribution in [-0.4, -0.2) is 11.5 Å². The smallest absolute Gasteiger partial charge is 0.120 e. The summed E-state index contributed by atoms with van der Waals surface area (Å²) in [7, 11) is 0. The molecule has 0 aromatic heterocycles. The van der Waals surface area contributed by atoms with Crippen molar-refractivity contribution in [3.05, 3.63) is 11.6 Å². The standard InChI is InChI=1S/C14H22ClF/c1-9-3-6-11(7-4-9)12-8-5-10(2)14(16)13(12)15/h6,9-10,12-14H,3-5,7-8H2,1-2H3. The molecule has 0 N–H and O–H groups in total. The molecule has 2 aliphatic carbocycles. The number of allylic oxidation sites excluding steroid dienone is 2. The van der Waals surface area contributed by atoms with E-state index in [0.717, 1.165) is 31.6 Å². The summed E-state index contributed by atoms with van der Waals surface area (Å²) in [6, 6.07) is 0. The lowest BCUT2D eigenvalue weighted by Gasteiger charge is -2.37. The van der Waals surface area contributed by atoms with Crippen LogP contribution in [0.25, 0.3) is 0 Å². The summed E-state index contributed by atoms with van der Waals surface area (Å²) in [5, 5.41) is -0.289. The molecule has 0 radical (unpaired) electrons. The predicted molar refractivity (Wildman–Crippen MR) is 67.5 cm³/mol. The quantitative estimate of drug-likeness (QED) is 0.462. The van der Waals surface area contributed by atoms with Crippen molar-refractivity contribution < 1.29 is 4.39 Å². The van der Waals surface area contributed by atoms with E-state index in [1.54, 1.807) is 0 Å². The van der Waals surface area contributed by atoms with Gasteiger partial charge in [-0.25, -0.2) is 4.39 Å². The van der Waals surface area contributed by atoms with Gasteiger partial charge in [0.25, 0.3) is 0 Å². The van der Waals surface area contributed by atoms with Gasteiger partial charge in [-0.2, -0.15) is 0 Å². The molecule has 0 heterocycles. The lowest BCUT2D eigenvalue weighted by Crippen LogP contribution is -2.37. The van der Waals surface area contributed by atoms with Crippen molar-refractivity contribution in [2.75, 3.05) is 0 Å². The van der Waals surface area contributed by atoms with Gasteiger partial charge in [-0.15, -0.1) is 11.6 Å². The average Bonchev–Trinajstić information content (AvgIpc) is 2.28. The van der Waals surface area contributed by atoms with E-state index < -0.39 is 6.17 Å². The van der Waals surface area contributed by atoms with Gasteiger partial charge in [-0.3, -0.25) is 0 Å². The van der Waals surface area contributed by atoms with Crippen LogP contribution in [0.2, 0.25) is 0 Å². The van der Waals surface area contributed by atoms with Gasteiger partial charge in [0.2, 0.25) is 0 Å². The molecule has 0 aliphatic heterocycles. The molecule has 2 aliphatic rings. The first kappa shape index (κ1) is 12.4. The fourth-order valence-electron chi connectivity index (χ4n) is 3.01. The maximum absolute atomic E-state index is 13.9. The molecule has 2 heteroatoms. The predicted octanol–water partition coefficient (Wildman–Crippen LogP) is 4.72. The van der Waals surface area contributed by atoms with E-state index in [4.69, 9.17) is 11.6 Å². The van der Waals surface area contributed by atoms with Gasteiger partial charge in [0, 0.05) is 0 Å². The Morgan fingerprint density at radius 3 is 2.62 bits per heavy atom. The molecule has 0 aromatic carbocycles. The second-order valence-electron chi connectivity index (χ2n) is 5.71. The van der Waals surface area contributed by atoms with Crippen LogP contribution in [0.5, 0.6) is 0 Å². The highest BCUT2D eigenvalue weighted by molar-refractivity contribution is 6.21. The van der Waals surface area contributed by atoms with Crippen LogP contribution in [-0.2, 0) is 0 Å². The van der Waals surface area contributed by atoms with Gasteiger partial charge in [-0.1, -0.05) is 25.5 Å². The Morgan fingerprint density at radius 2 is 2.00 bits per heavy atom. The highest BCUT2D eigenvalue weighted by atomic mass is 35.5. The zero-order valence-corrected chi connectivity index (χ0v) is 11.0. The molecule has 0 amide bonds. The Balaban J connectivity index is 2.04. The van der Waals surface area contributed by atoms with Crippen LogP contribution >= 0.6 is 11.6 Å². The number of alkyl halides is 2. The molecule has 2 rings (SSSR count). The lowest BCUT2D eigenvalue weighted by atomic mass is 9.74. The fourth-order valence-corrected chi connectivity index (χ4v) is 3.55. The topological polar surface area (TPSA) is 0 Å². The van der Waals surface area contributed by atoms with Gasteiger partial charge in [0.1, 0.15) is 6.17 Å². The second kappa shape index (κ2) is 5.08. The van der Waals surface area contributed by atoms with Crippen molar-refractivity contribution in [3.63, 3.8) is 0 Å². The summed E-state index contributed by atoms with van der Waals surface area (Å²) in [5.74, 6) is 1.24. The first-order valence-electron chi connectivity index (χ1n) is 6.56. The van der Waals surface area contributed by atoms with Crippen molar-refractivity contribution in [2.24, 2.45) is 17.8 Å². The van der Waals surface area contributed by atoms with Gasteiger partial charge in [0.15, 0.2) is 0 Å². The minimum absolute atomic E-state index is 0.141. The Hall–Kier alpha value is -0.0400. The highest BCUT2D eigenvalue weighted by Gasteiger charge is 2.38. The molecule has 5 atom stereocenters. The number of hydrogen-bond donors (Lipinski definition) is 0. The first-order valence-corrected chi connectivity index (χ1v) is 7.00. The first-order chi connectivity index (χ1) is 7.59. The SMILES string of the molecule is CC1CC=C(C2CCC(C)C(F)C2Cl)CC1. The summed E-state index contributed by atoms with van der Waals surface area (Å²) < 4.78 is 13.9. The lowest BCUT2D eigenvalue weighted by molar-refractivity contribution is 0.153. The molecule has 5 unspecified atom stereocenters. The largest absolute Gasteiger partial charge is 0.246 e. The minimum Gasteiger partial charge on any atom is -0.246 e. The molecule has 0 saturated heterocycles. The molecular formula is C14H22ClF. The van der Waals surface area contributed by atoms with E-state index in [1.807, 2.05) is 6.92 Å². The van der Waals surface area contributed by atoms with E-state index in [9.17, 15) is 4.39 Å². The number of hydrogen-bond acceptors (Lipinski definition) is 0.